The lowest BCUT2D eigenvalue weighted by molar-refractivity contribution is -0.275. The molecule has 0 aromatic carbocycles. The first kappa shape index (κ1) is 64.3. The van der Waals surface area contributed by atoms with E-state index in [2.05, 4.69) is 20.8 Å². The zero-order valence-corrected chi connectivity index (χ0v) is 45.7. The van der Waals surface area contributed by atoms with Gasteiger partial charge in [0.15, 0.2) is 24.6 Å². The minimum absolute atomic E-state index is 0.00705. The van der Waals surface area contributed by atoms with E-state index in [1.54, 1.807) is 0 Å². The van der Waals surface area contributed by atoms with Gasteiger partial charge in [-0.25, -0.2) is 0 Å². The Hall–Kier alpha value is -1.67. The van der Waals surface area contributed by atoms with Crippen molar-refractivity contribution in [3.8, 4) is 0 Å². The molecular formula is C60H114O8. The van der Waals surface area contributed by atoms with Crippen LogP contribution >= 0.6 is 0 Å². The minimum atomic E-state index is -1.02. The van der Waals surface area contributed by atoms with Gasteiger partial charge in [0, 0.05) is 26.4 Å². The molecule has 1 heterocycles. The molecule has 0 radical (unpaired) electrons. The van der Waals surface area contributed by atoms with Crippen LogP contribution in [0.1, 0.15) is 329 Å². The molecule has 68 heavy (non-hydrogen) atoms. The molecule has 8 heteroatoms. The van der Waals surface area contributed by atoms with E-state index in [0.717, 1.165) is 57.8 Å². The fourth-order valence-corrected chi connectivity index (χ4v) is 9.89. The summed E-state index contributed by atoms with van der Waals surface area (Å²) in [4.78, 5) is 39.9. The molecule has 4 atom stereocenters. The Bertz CT molecular complexity index is 1100. The first-order valence-corrected chi connectivity index (χ1v) is 30.2. The van der Waals surface area contributed by atoms with Crippen LogP contribution in [0.3, 0.4) is 0 Å². The van der Waals surface area contributed by atoms with Gasteiger partial charge in [0.25, 0.3) is 0 Å². The number of rotatable bonds is 52. The maximum atomic E-state index is 13.4. The van der Waals surface area contributed by atoms with Crippen molar-refractivity contribution in [1.82, 2.24) is 0 Å². The lowest BCUT2D eigenvalue weighted by atomic mass is 10.0. The zero-order valence-electron chi connectivity index (χ0n) is 45.7. The predicted molar refractivity (Wildman–Crippen MR) is 285 cm³/mol. The van der Waals surface area contributed by atoms with E-state index in [1.807, 2.05) is 0 Å². The Labute approximate surface area is 421 Å². The van der Waals surface area contributed by atoms with E-state index in [-0.39, 0.29) is 37.4 Å². The smallest absolute Gasteiger partial charge is 0.306 e. The molecule has 0 bridgehead atoms. The quantitative estimate of drug-likeness (QED) is 0.0338. The Morgan fingerprint density at radius 1 is 0.324 bits per heavy atom. The molecule has 8 nitrogen and oxygen atoms in total. The maximum absolute atomic E-state index is 13.4. The van der Waals surface area contributed by atoms with Crippen molar-refractivity contribution in [3.63, 3.8) is 0 Å². The molecule has 0 aromatic rings. The van der Waals surface area contributed by atoms with E-state index >= 15 is 0 Å². The normalized spacial score (nSPS) is 17.1. The lowest BCUT2D eigenvalue weighted by Gasteiger charge is -2.40. The first-order chi connectivity index (χ1) is 33.5. The number of esters is 3. The molecule has 0 aromatic heterocycles. The third kappa shape index (κ3) is 40.0. The molecule has 1 aliphatic heterocycles. The van der Waals surface area contributed by atoms with E-state index < -0.39 is 24.6 Å². The lowest BCUT2D eigenvalue weighted by Crippen LogP contribution is -2.58. The zero-order chi connectivity index (χ0) is 49.2. The fourth-order valence-electron chi connectivity index (χ4n) is 9.89. The second kappa shape index (κ2) is 50.3. The Kier molecular flexibility index (Phi) is 47.6. The van der Waals surface area contributed by atoms with Crippen LogP contribution in [0.5, 0.6) is 0 Å². The van der Waals surface area contributed by atoms with Gasteiger partial charge in [-0.05, 0) is 19.3 Å². The second-order valence-electron chi connectivity index (χ2n) is 21.0. The molecule has 1 saturated heterocycles. The third-order valence-corrected chi connectivity index (χ3v) is 14.4. The third-order valence-electron chi connectivity index (χ3n) is 14.4. The van der Waals surface area contributed by atoms with Gasteiger partial charge in [-0.2, -0.15) is 0 Å². The molecule has 1 aliphatic rings. The molecular weight excluding hydrogens is 849 g/mol. The number of ether oxygens (including phenoxy) is 5. The molecule has 0 saturated carbocycles. The van der Waals surface area contributed by atoms with Crippen molar-refractivity contribution in [1.29, 1.82) is 0 Å². The van der Waals surface area contributed by atoms with E-state index in [9.17, 15) is 14.4 Å². The number of hydrogen-bond acceptors (Lipinski definition) is 8. The van der Waals surface area contributed by atoms with Crippen molar-refractivity contribution in [3.05, 3.63) is 0 Å². The van der Waals surface area contributed by atoms with Crippen LogP contribution in [-0.4, -0.2) is 56.2 Å². The molecule has 0 N–H and O–H groups in total. The molecule has 0 aliphatic carbocycles. The largest absolute Gasteiger partial charge is 0.456 e. The van der Waals surface area contributed by atoms with Crippen molar-refractivity contribution in [2.75, 3.05) is 13.7 Å². The highest BCUT2D eigenvalue weighted by Gasteiger charge is 2.47. The van der Waals surface area contributed by atoms with E-state index in [1.165, 1.54) is 238 Å². The summed E-state index contributed by atoms with van der Waals surface area (Å²) in [6, 6.07) is 0. The molecule has 402 valence electrons. The standard InChI is InChI=1S/C60H114O8/c1-5-8-11-14-17-20-23-26-29-32-35-38-41-44-47-50-55(61)66-54-53-65-60(64-4)59(68-57(63)52-49-46-43-40-37-34-31-28-25-22-19-16-13-10-7-3)58(54)67-56(62)51-48-45-42-39-36-33-30-27-24-21-18-15-12-9-6-2/h54,58-60H,5-53H2,1-4H3/t54-,58+,59-,60-/m1/s1. The first-order valence-electron chi connectivity index (χ1n) is 30.2. The maximum Gasteiger partial charge on any atom is 0.306 e. The summed E-state index contributed by atoms with van der Waals surface area (Å²) in [5.74, 6) is -1.08. The van der Waals surface area contributed by atoms with Gasteiger partial charge in [-0.3, -0.25) is 14.4 Å². The van der Waals surface area contributed by atoms with Gasteiger partial charge in [-0.15, -0.1) is 0 Å². The van der Waals surface area contributed by atoms with Gasteiger partial charge in [0.05, 0.1) is 6.61 Å². The number of carbonyl (C=O) groups excluding carboxylic acids is 3. The molecule has 1 fully saturated rings. The summed E-state index contributed by atoms with van der Waals surface area (Å²) in [7, 11) is 1.50. The SMILES string of the molecule is CCCCCCCCCCCCCCCCCC(=O)O[C@@H]1[C@@H](OC(=O)CCCCCCCCCCCCCCCCC)[C@H](OC)OC[C@H]1OC(=O)CCCCCCCCCCCCCCCCC. The highest BCUT2D eigenvalue weighted by Crippen LogP contribution is 2.27. The van der Waals surface area contributed by atoms with Crippen LogP contribution in [-0.2, 0) is 38.1 Å². The Balaban J connectivity index is 2.52. The van der Waals surface area contributed by atoms with E-state index in [0.29, 0.717) is 6.42 Å². The van der Waals surface area contributed by atoms with Gasteiger partial charge in [-0.1, -0.05) is 290 Å². The van der Waals surface area contributed by atoms with Crippen LogP contribution in [0.15, 0.2) is 0 Å². The number of carbonyl (C=O) groups is 3. The summed E-state index contributed by atoms with van der Waals surface area (Å²) in [5, 5.41) is 0. The van der Waals surface area contributed by atoms with Gasteiger partial charge >= 0.3 is 17.9 Å². The summed E-state index contributed by atoms with van der Waals surface area (Å²) in [5.41, 5.74) is 0. The van der Waals surface area contributed by atoms with Gasteiger partial charge in [0.2, 0.25) is 0 Å². The molecule has 0 amide bonds. The van der Waals surface area contributed by atoms with Gasteiger partial charge in [0.1, 0.15) is 0 Å². The highest BCUT2D eigenvalue weighted by atomic mass is 16.7. The van der Waals surface area contributed by atoms with Crippen molar-refractivity contribution < 1.29 is 38.1 Å². The number of unbranched alkanes of at least 4 members (excludes halogenated alkanes) is 42. The number of methoxy groups -OCH3 is 1. The van der Waals surface area contributed by atoms with Crippen molar-refractivity contribution >= 4 is 17.9 Å². The van der Waals surface area contributed by atoms with Crippen LogP contribution in [0, 0.1) is 0 Å². The predicted octanol–water partition coefficient (Wildman–Crippen LogP) is 18.5. The fraction of sp³-hybridized carbons (Fsp3) is 0.950. The molecule has 0 unspecified atom stereocenters. The van der Waals surface area contributed by atoms with Gasteiger partial charge < -0.3 is 23.7 Å². The summed E-state index contributed by atoms with van der Waals surface area (Å²) in [6.45, 7) is 6.83. The van der Waals surface area contributed by atoms with Crippen molar-refractivity contribution in [2.24, 2.45) is 0 Å². The van der Waals surface area contributed by atoms with Crippen LogP contribution in [0.4, 0.5) is 0 Å². The number of hydrogen-bond donors (Lipinski definition) is 0. The van der Waals surface area contributed by atoms with Crippen LogP contribution in [0.25, 0.3) is 0 Å². The average molecular weight is 964 g/mol. The average Bonchev–Trinajstić information content (AvgIpc) is 3.33. The molecule has 1 rings (SSSR count). The van der Waals surface area contributed by atoms with Crippen molar-refractivity contribution in [2.45, 2.75) is 354 Å². The second-order valence-corrected chi connectivity index (χ2v) is 21.0. The molecule has 0 spiro atoms. The van der Waals surface area contributed by atoms with E-state index in [4.69, 9.17) is 23.7 Å². The van der Waals surface area contributed by atoms with Crippen LogP contribution in [0.2, 0.25) is 0 Å². The minimum Gasteiger partial charge on any atom is -0.456 e. The highest BCUT2D eigenvalue weighted by molar-refractivity contribution is 5.71. The topological polar surface area (TPSA) is 97.4 Å². The van der Waals surface area contributed by atoms with Crippen LogP contribution < -0.4 is 0 Å². The Morgan fingerprint density at radius 3 is 0.794 bits per heavy atom. The summed E-state index contributed by atoms with van der Waals surface area (Å²) in [6.07, 6.45) is 53.6. The Morgan fingerprint density at radius 2 is 0.544 bits per heavy atom. The summed E-state index contributed by atoms with van der Waals surface area (Å²) >= 11 is 0. The monoisotopic (exact) mass is 963 g/mol. The summed E-state index contributed by atoms with van der Waals surface area (Å²) < 4.78 is 29.6.